The number of benzene rings is 2. The number of nitrogens with one attached hydrogen (secondary N) is 2. The lowest BCUT2D eigenvalue weighted by atomic mass is 9.95. The number of carbonyl (C=O) groups excluding carboxylic acids is 2. The summed E-state index contributed by atoms with van der Waals surface area (Å²) in [5.74, 6) is 0.294. The van der Waals surface area contributed by atoms with Crippen molar-refractivity contribution in [2.45, 2.75) is 31.7 Å². The highest BCUT2D eigenvalue weighted by molar-refractivity contribution is 7.09. The van der Waals surface area contributed by atoms with E-state index in [1.807, 2.05) is 66.7 Å². The normalized spacial score (nSPS) is 14.7. The molecule has 2 heterocycles. The van der Waals surface area contributed by atoms with Crippen LogP contribution in [0.4, 0.5) is 0 Å². The maximum absolute atomic E-state index is 12.8. The number of amides is 2. The molecular formula is C28H33N3O2S. The molecule has 2 N–H and O–H groups in total. The summed E-state index contributed by atoms with van der Waals surface area (Å²) in [4.78, 5) is 28.9. The summed E-state index contributed by atoms with van der Waals surface area (Å²) in [6, 6.07) is 24.2. The fourth-order valence-corrected chi connectivity index (χ4v) is 5.18. The van der Waals surface area contributed by atoms with Crippen molar-refractivity contribution in [3.8, 4) is 0 Å². The molecule has 0 radical (unpaired) electrons. The maximum atomic E-state index is 12.8. The van der Waals surface area contributed by atoms with Crippen LogP contribution in [0.2, 0.25) is 0 Å². The van der Waals surface area contributed by atoms with E-state index in [-0.39, 0.29) is 23.8 Å². The molecule has 2 amide bonds. The highest BCUT2D eigenvalue weighted by atomic mass is 32.1. The molecule has 0 bridgehead atoms. The van der Waals surface area contributed by atoms with Gasteiger partial charge in [-0.3, -0.25) is 9.59 Å². The van der Waals surface area contributed by atoms with Crippen LogP contribution in [0.25, 0.3) is 0 Å². The van der Waals surface area contributed by atoms with Gasteiger partial charge in [0.2, 0.25) is 11.8 Å². The van der Waals surface area contributed by atoms with Crippen LogP contribution in [0, 0.1) is 5.92 Å². The number of carbonyl (C=O) groups is 2. The fraction of sp³-hybridized carbons (Fsp3) is 0.357. The average molecular weight is 476 g/mol. The van der Waals surface area contributed by atoms with Crippen molar-refractivity contribution >= 4 is 23.2 Å². The lowest BCUT2D eigenvalue weighted by molar-refractivity contribution is -0.127. The maximum Gasteiger partial charge on any atom is 0.223 e. The van der Waals surface area contributed by atoms with Gasteiger partial charge in [-0.05, 0) is 54.9 Å². The Bertz CT molecular complexity index is 977. The number of rotatable bonds is 10. The number of hydrogen-bond donors (Lipinski definition) is 2. The summed E-state index contributed by atoms with van der Waals surface area (Å²) < 4.78 is 0. The third-order valence-electron chi connectivity index (χ3n) is 6.44. The molecule has 0 saturated carbocycles. The van der Waals surface area contributed by atoms with E-state index in [0.29, 0.717) is 13.0 Å². The monoisotopic (exact) mass is 475 g/mol. The Labute approximate surface area is 206 Å². The second kappa shape index (κ2) is 12.5. The fourth-order valence-electron chi connectivity index (χ4n) is 4.47. The van der Waals surface area contributed by atoms with Gasteiger partial charge < -0.3 is 15.5 Å². The van der Waals surface area contributed by atoms with Crippen LogP contribution in [-0.2, 0) is 16.0 Å². The Morgan fingerprint density at radius 3 is 2.15 bits per heavy atom. The Morgan fingerprint density at radius 1 is 0.912 bits per heavy atom. The minimum atomic E-state index is -0.154. The Morgan fingerprint density at radius 2 is 1.56 bits per heavy atom. The summed E-state index contributed by atoms with van der Waals surface area (Å²) in [7, 11) is 0. The standard InChI is InChI=1S/C28H33N3O2S/c32-26(30-27(22-8-3-1-4-9-22)23-10-5-2-6-11-23)16-20-31-18-14-24(15-19-31)28(33)29-17-13-25-12-7-21-34-25/h1-12,21,24,27H,13-20H2,(H,29,33)(H,30,32). The summed E-state index contributed by atoms with van der Waals surface area (Å²) in [5, 5.41) is 8.38. The van der Waals surface area contributed by atoms with Crippen LogP contribution in [0.5, 0.6) is 0 Å². The van der Waals surface area contributed by atoms with Crippen LogP contribution in [0.3, 0.4) is 0 Å². The highest BCUT2D eigenvalue weighted by Gasteiger charge is 2.25. The number of hydrogen-bond acceptors (Lipinski definition) is 4. The average Bonchev–Trinajstić information content (AvgIpc) is 3.41. The first-order valence-corrected chi connectivity index (χ1v) is 13.0. The molecule has 1 fully saturated rings. The van der Waals surface area contributed by atoms with Gasteiger partial charge in [0.25, 0.3) is 0 Å². The van der Waals surface area contributed by atoms with Gasteiger partial charge in [0.1, 0.15) is 0 Å². The largest absolute Gasteiger partial charge is 0.355 e. The summed E-state index contributed by atoms with van der Waals surface area (Å²) in [6.07, 6.45) is 3.05. The molecule has 1 aliphatic rings. The van der Waals surface area contributed by atoms with Crippen molar-refractivity contribution in [1.29, 1.82) is 0 Å². The third kappa shape index (κ3) is 7.02. The topological polar surface area (TPSA) is 61.4 Å². The first kappa shape index (κ1) is 24.2. The van der Waals surface area contributed by atoms with Crippen molar-refractivity contribution in [3.05, 3.63) is 94.2 Å². The van der Waals surface area contributed by atoms with Crippen molar-refractivity contribution in [1.82, 2.24) is 15.5 Å². The molecule has 6 heteroatoms. The molecule has 1 saturated heterocycles. The number of likely N-dealkylation sites (tertiary alicyclic amines) is 1. The molecule has 0 unspecified atom stereocenters. The Balaban J connectivity index is 1.20. The molecular weight excluding hydrogens is 442 g/mol. The first-order chi connectivity index (χ1) is 16.7. The molecule has 5 nitrogen and oxygen atoms in total. The summed E-state index contributed by atoms with van der Waals surface area (Å²) in [5.41, 5.74) is 2.15. The van der Waals surface area contributed by atoms with E-state index >= 15 is 0 Å². The van der Waals surface area contributed by atoms with Crippen LogP contribution >= 0.6 is 11.3 Å². The van der Waals surface area contributed by atoms with Gasteiger partial charge in [-0.1, -0.05) is 66.7 Å². The zero-order chi connectivity index (χ0) is 23.6. The molecule has 1 aliphatic heterocycles. The minimum absolute atomic E-state index is 0.0474. The molecule has 3 aromatic rings. The first-order valence-electron chi connectivity index (χ1n) is 12.1. The minimum Gasteiger partial charge on any atom is -0.355 e. The summed E-state index contributed by atoms with van der Waals surface area (Å²) >= 11 is 1.73. The second-order valence-electron chi connectivity index (χ2n) is 8.81. The quantitative estimate of drug-likeness (QED) is 0.457. The van der Waals surface area contributed by atoms with Crippen molar-refractivity contribution in [3.63, 3.8) is 0 Å². The molecule has 0 atom stereocenters. The zero-order valence-electron chi connectivity index (χ0n) is 19.5. The predicted molar refractivity (Wildman–Crippen MR) is 138 cm³/mol. The molecule has 178 valence electrons. The zero-order valence-corrected chi connectivity index (χ0v) is 20.3. The lowest BCUT2D eigenvalue weighted by Crippen LogP contribution is -2.42. The van der Waals surface area contributed by atoms with E-state index in [1.54, 1.807) is 11.3 Å². The molecule has 0 spiro atoms. The Hall–Kier alpha value is -2.96. The second-order valence-corrected chi connectivity index (χ2v) is 9.84. The number of piperidine rings is 1. The van der Waals surface area contributed by atoms with Crippen LogP contribution in [-0.4, -0.2) is 42.9 Å². The van der Waals surface area contributed by atoms with E-state index < -0.39 is 0 Å². The molecule has 34 heavy (non-hydrogen) atoms. The van der Waals surface area contributed by atoms with Crippen molar-refractivity contribution in [2.24, 2.45) is 5.92 Å². The lowest BCUT2D eigenvalue weighted by Gasteiger charge is -2.31. The third-order valence-corrected chi connectivity index (χ3v) is 7.37. The van der Waals surface area contributed by atoms with E-state index in [2.05, 4.69) is 27.0 Å². The van der Waals surface area contributed by atoms with Gasteiger partial charge in [0, 0.05) is 30.3 Å². The molecule has 1 aromatic heterocycles. The van der Waals surface area contributed by atoms with Crippen molar-refractivity contribution in [2.75, 3.05) is 26.2 Å². The van der Waals surface area contributed by atoms with Gasteiger partial charge in [-0.25, -0.2) is 0 Å². The van der Waals surface area contributed by atoms with E-state index in [1.165, 1.54) is 4.88 Å². The number of thiophene rings is 1. The van der Waals surface area contributed by atoms with Crippen LogP contribution in [0.1, 0.15) is 41.3 Å². The van der Waals surface area contributed by atoms with E-state index in [4.69, 9.17) is 0 Å². The van der Waals surface area contributed by atoms with Gasteiger partial charge >= 0.3 is 0 Å². The van der Waals surface area contributed by atoms with E-state index in [9.17, 15) is 9.59 Å². The predicted octanol–water partition coefficient (Wildman–Crippen LogP) is 4.41. The number of nitrogens with zero attached hydrogens (tertiary/aromatic N) is 1. The smallest absolute Gasteiger partial charge is 0.223 e. The molecule has 4 rings (SSSR count). The van der Waals surface area contributed by atoms with Crippen LogP contribution in [0.15, 0.2) is 78.2 Å². The summed E-state index contributed by atoms with van der Waals surface area (Å²) in [6.45, 7) is 3.13. The Kier molecular flexibility index (Phi) is 8.88. The van der Waals surface area contributed by atoms with Crippen LogP contribution < -0.4 is 10.6 Å². The molecule has 0 aliphatic carbocycles. The molecule has 2 aromatic carbocycles. The highest BCUT2D eigenvalue weighted by Crippen LogP contribution is 2.22. The van der Waals surface area contributed by atoms with Gasteiger partial charge in [-0.15, -0.1) is 11.3 Å². The van der Waals surface area contributed by atoms with Gasteiger partial charge in [0.05, 0.1) is 6.04 Å². The SMILES string of the molecule is O=C(CCN1CCC(C(=O)NCCc2cccs2)CC1)NC(c1ccccc1)c1ccccc1. The van der Waals surface area contributed by atoms with Gasteiger partial charge in [-0.2, -0.15) is 0 Å². The van der Waals surface area contributed by atoms with Gasteiger partial charge in [0.15, 0.2) is 0 Å². The van der Waals surface area contributed by atoms with Crippen molar-refractivity contribution < 1.29 is 9.59 Å². The van der Waals surface area contributed by atoms with E-state index in [0.717, 1.165) is 50.0 Å².